The SMILES string of the molecule is CC(c1ccc(Cl)cc1)N(C)S(=O)(=O)c1c[nH]c(CN)c1. The molecule has 0 aliphatic heterocycles. The zero-order valence-corrected chi connectivity index (χ0v) is 13.4. The first-order valence-electron chi connectivity index (χ1n) is 6.47. The van der Waals surface area contributed by atoms with E-state index in [4.69, 9.17) is 17.3 Å². The molecule has 0 saturated carbocycles. The van der Waals surface area contributed by atoms with E-state index in [1.807, 2.05) is 19.1 Å². The molecule has 0 amide bonds. The van der Waals surface area contributed by atoms with Crippen LogP contribution in [-0.4, -0.2) is 24.8 Å². The molecular weight excluding hydrogens is 310 g/mol. The molecule has 0 aliphatic carbocycles. The largest absolute Gasteiger partial charge is 0.363 e. The Balaban J connectivity index is 2.28. The summed E-state index contributed by atoms with van der Waals surface area (Å²) < 4.78 is 26.5. The molecule has 0 radical (unpaired) electrons. The van der Waals surface area contributed by atoms with Crippen molar-refractivity contribution in [3.8, 4) is 0 Å². The number of nitrogens with two attached hydrogens (primary N) is 1. The molecule has 1 aromatic heterocycles. The highest BCUT2D eigenvalue weighted by Gasteiger charge is 2.27. The summed E-state index contributed by atoms with van der Waals surface area (Å²) in [6, 6.07) is 8.39. The van der Waals surface area contributed by atoms with Gasteiger partial charge in [-0.05, 0) is 30.7 Å². The van der Waals surface area contributed by atoms with Crippen LogP contribution in [0.4, 0.5) is 0 Å². The highest BCUT2D eigenvalue weighted by molar-refractivity contribution is 7.89. The van der Waals surface area contributed by atoms with Crippen molar-refractivity contribution < 1.29 is 8.42 Å². The molecule has 2 rings (SSSR count). The van der Waals surface area contributed by atoms with Crippen LogP contribution in [0.25, 0.3) is 0 Å². The van der Waals surface area contributed by atoms with E-state index in [2.05, 4.69) is 4.98 Å². The van der Waals surface area contributed by atoms with Gasteiger partial charge in [0.2, 0.25) is 10.0 Å². The number of aromatic nitrogens is 1. The molecule has 7 heteroatoms. The van der Waals surface area contributed by atoms with Gasteiger partial charge in [-0.25, -0.2) is 8.42 Å². The molecule has 21 heavy (non-hydrogen) atoms. The van der Waals surface area contributed by atoms with Crippen molar-refractivity contribution in [1.29, 1.82) is 0 Å². The van der Waals surface area contributed by atoms with E-state index in [9.17, 15) is 8.42 Å². The standard InChI is InChI=1S/C14H18ClN3O2S/c1-10(11-3-5-12(15)6-4-11)18(2)21(19,20)14-7-13(8-16)17-9-14/h3-7,9-10,17H,8,16H2,1-2H3. The van der Waals surface area contributed by atoms with Crippen molar-refractivity contribution in [3.63, 3.8) is 0 Å². The maximum Gasteiger partial charge on any atom is 0.244 e. The van der Waals surface area contributed by atoms with E-state index in [0.29, 0.717) is 10.7 Å². The second-order valence-electron chi connectivity index (χ2n) is 4.81. The Bertz CT molecular complexity index is 710. The maximum atomic E-state index is 12.6. The first-order valence-corrected chi connectivity index (χ1v) is 8.29. The van der Waals surface area contributed by atoms with Crippen LogP contribution in [0.2, 0.25) is 5.02 Å². The molecule has 5 nitrogen and oxygen atoms in total. The third-order valence-electron chi connectivity index (χ3n) is 3.51. The zero-order valence-electron chi connectivity index (χ0n) is 11.9. The molecule has 1 unspecified atom stereocenters. The molecule has 1 heterocycles. The molecule has 114 valence electrons. The van der Waals surface area contributed by atoms with E-state index >= 15 is 0 Å². The first-order chi connectivity index (χ1) is 9.86. The Hall–Kier alpha value is -1.34. The summed E-state index contributed by atoms with van der Waals surface area (Å²) in [7, 11) is -2.01. The van der Waals surface area contributed by atoms with Crippen LogP contribution in [0.5, 0.6) is 0 Å². The average Bonchev–Trinajstić information content (AvgIpc) is 2.96. The van der Waals surface area contributed by atoms with Gasteiger partial charge in [0.1, 0.15) is 0 Å². The Labute approximate surface area is 129 Å². The number of hydrogen-bond donors (Lipinski definition) is 2. The Morgan fingerprint density at radius 2 is 1.95 bits per heavy atom. The van der Waals surface area contributed by atoms with Gasteiger partial charge in [0.15, 0.2) is 0 Å². The number of benzene rings is 1. The fourth-order valence-electron chi connectivity index (χ4n) is 2.01. The Morgan fingerprint density at radius 3 is 2.48 bits per heavy atom. The monoisotopic (exact) mass is 327 g/mol. The van der Waals surface area contributed by atoms with Gasteiger partial charge in [-0.15, -0.1) is 0 Å². The number of nitrogens with one attached hydrogen (secondary N) is 1. The molecule has 0 bridgehead atoms. The molecular formula is C14H18ClN3O2S. The first kappa shape index (κ1) is 16.0. The minimum atomic E-state index is -3.57. The number of rotatable bonds is 5. The summed E-state index contributed by atoms with van der Waals surface area (Å²) in [5.74, 6) is 0. The van der Waals surface area contributed by atoms with E-state index in [1.54, 1.807) is 25.2 Å². The van der Waals surface area contributed by atoms with E-state index in [0.717, 1.165) is 5.56 Å². The predicted molar refractivity (Wildman–Crippen MR) is 83.5 cm³/mol. The second-order valence-corrected chi connectivity index (χ2v) is 7.25. The van der Waals surface area contributed by atoms with Crippen molar-refractivity contribution in [2.45, 2.75) is 24.4 Å². The van der Waals surface area contributed by atoms with Crippen molar-refractivity contribution in [3.05, 3.63) is 52.8 Å². The number of H-pyrrole nitrogens is 1. The molecule has 0 fully saturated rings. The number of halogens is 1. The molecule has 0 saturated heterocycles. The lowest BCUT2D eigenvalue weighted by Crippen LogP contribution is -2.29. The van der Waals surface area contributed by atoms with Gasteiger partial charge < -0.3 is 10.7 Å². The highest BCUT2D eigenvalue weighted by Crippen LogP contribution is 2.26. The minimum absolute atomic E-state index is 0.214. The van der Waals surface area contributed by atoms with Crippen LogP contribution in [-0.2, 0) is 16.6 Å². The summed E-state index contributed by atoms with van der Waals surface area (Å²) in [6.07, 6.45) is 1.46. The molecule has 1 aromatic carbocycles. The maximum absolute atomic E-state index is 12.6. The normalized spacial score (nSPS) is 13.6. The highest BCUT2D eigenvalue weighted by atomic mass is 35.5. The fraction of sp³-hybridized carbons (Fsp3) is 0.286. The van der Waals surface area contributed by atoms with E-state index < -0.39 is 10.0 Å². The van der Waals surface area contributed by atoms with Gasteiger partial charge in [0.05, 0.1) is 4.90 Å². The quantitative estimate of drug-likeness (QED) is 0.885. The molecule has 1 atom stereocenters. The molecule has 2 aromatic rings. The van der Waals surface area contributed by atoms with Gasteiger partial charge >= 0.3 is 0 Å². The van der Waals surface area contributed by atoms with Gasteiger partial charge in [-0.3, -0.25) is 0 Å². The summed E-state index contributed by atoms with van der Waals surface area (Å²) in [5.41, 5.74) is 7.05. The predicted octanol–water partition coefficient (Wildman–Crippen LogP) is 2.51. The number of aromatic amines is 1. The molecule has 3 N–H and O–H groups in total. The molecule has 0 spiro atoms. The van der Waals surface area contributed by atoms with Crippen LogP contribution >= 0.6 is 11.6 Å². The van der Waals surface area contributed by atoms with Crippen LogP contribution in [0.3, 0.4) is 0 Å². The minimum Gasteiger partial charge on any atom is -0.363 e. The van der Waals surface area contributed by atoms with Gasteiger partial charge in [0, 0.05) is 36.5 Å². The fourth-order valence-corrected chi connectivity index (χ4v) is 3.51. The summed E-state index contributed by atoms with van der Waals surface area (Å²) in [6.45, 7) is 2.10. The molecule has 0 aliphatic rings. The van der Waals surface area contributed by atoms with Gasteiger partial charge in [-0.2, -0.15) is 4.31 Å². The van der Waals surface area contributed by atoms with Crippen LogP contribution in [0, 0.1) is 0 Å². The van der Waals surface area contributed by atoms with Gasteiger partial charge in [-0.1, -0.05) is 23.7 Å². The Morgan fingerprint density at radius 1 is 1.33 bits per heavy atom. The van der Waals surface area contributed by atoms with Crippen molar-refractivity contribution >= 4 is 21.6 Å². The number of hydrogen-bond acceptors (Lipinski definition) is 3. The Kier molecular flexibility index (Phi) is 4.73. The van der Waals surface area contributed by atoms with Crippen LogP contribution < -0.4 is 5.73 Å². The van der Waals surface area contributed by atoms with Gasteiger partial charge in [0.25, 0.3) is 0 Å². The van der Waals surface area contributed by atoms with Crippen LogP contribution in [0.15, 0.2) is 41.4 Å². The topological polar surface area (TPSA) is 79.2 Å². The lowest BCUT2D eigenvalue weighted by Gasteiger charge is -2.24. The number of sulfonamides is 1. The third kappa shape index (κ3) is 3.29. The zero-order chi connectivity index (χ0) is 15.6. The van der Waals surface area contributed by atoms with Crippen molar-refractivity contribution in [2.24, 2.45) is 5.73 Å². The lowest BCUT2D eigenvalue weighted by atomic mass is 10.1. The van der Waals surface area contributed by atoms with Crippen molar-refractivity contribution in [1.82, 2.24) is 9.29 Å². The van der Waals surface area contributed by atoms with Crippen LogP contribution in [0.1, 0.15) is 24.2 Å². The third-order valence-corrected chi connectivity index (χ3v) is 5.67. The smallest absolute Gasteiger partial charge is 0.244 e. The summed E-state index contributed by atoms with van der Waals surface area (Å²) in [5, 5.41) is 0.620. The summed E-state index contributed by atoms with van der Waals surface area (Å²) in [4.78, 5) is 3.07. The lowest BCUT2D eigenvalue weighted by molar-refractivity contribution is 0.398. The summed E-state index contributed by atoms with van der Waals surface area (Å²) >= 11 is 5.85. The van der Waals surface area contributed by atoms with Crippen molar-refractivity contribution in [2.75, 3.05) is 7.05 Å². The number of nitrogens with zero attached hydrogens (tertiary/aromatic N) is 1. The van der Waals surface area contributed by atoms with E-state index in [1.165, 1.54) is 10.5 Å². The van der Waals surface area contributed by atoms with E-state index in [-0.39, 0.29) is 17.5 Å². The average molecular weight is 328 g/mol. The second kappa shape index (κ2) is 6.19.